The Hall–Kier alpha value is -4.60. The molecule has 2 amide bonds. The molecule has 1 heterocycles. The van der Waals surface area contributed by atoms with Gasteiger partial charge >= 0.3 is 0 Å². The molecule has 0 aromatic heterocycles. The van der Waals surface area contributed by atoms with Gasteiger partial charge < -0.3 is 24.6 Å². The number of hydrogen-bond donors (Lipinski definition) is 1. The van der Waals surface area contributed by atoms with Crippen LogP contribution < -0.4 is 19.7 Å². The van der Waals surface area contributed by atoms with Gasteiger partial charge in [0.1, 0.15) is 11.5 Å². The quantitative estimate of drug-likeness (QED) is 0.380. The maximum absolute atomic E-state index is 13.0. The Morgan fingerprint density at radius 2 is 1.54 bits per heavy atom. The number of ether oxygens (including phenoxy) is 2. The van der Waals surface area contributed by atoms with Crippen molar-refractivity contribution in [2.75, 3.05) is 50.6 Å². The summed E-state index contributed by atoms with van der Waals surface area (Å²) in [5.74, 6) is 0.643. The van der Waals surface area contributed by atoms with Gasteiger partial charge in [-0.25, -0.2) is 0 Å². The van der Waals surface area contributed by atoms with Crippen LogP contribution in [0.25, 0.3) is 0 Å². The van der Waals surface area contributed by atoms with Gasteiger partial charge in [-0.2, -0.15) is 0 Å². The van der Waals surface area contributed by atoms with Crippen molar-refractivity contribution in [2.24, 2.45) is 0 Å². The molecule has 1 aliphatic rings. The minimum atomic E-state index is -0.498. The molecule has 0 aliphatic carbocycles. The number of nitrogens with one attached hydrogen (secondary N) is 1. The Morgan fingerprint density at radius 1 is 0.919 bits per heavy atom. The van der Waals surface area contributed by atoms with Crippen LogP contribution in [0.4, 0.5) is 17.1 Å². The maximum atomic E-state index is 13.0. The summed E-state index contributed by atoms with van der Waals surface area (Å²) < 4.78 is 10.6. The average molecular weight is 505 g/mol. The Balaban J connectivity index is 1.37. The van der Waals surface area contributed by atoms with Crippen molar-refractivity contribution in [3.63, 3.8) is 0 Å². The van der Waals surface area contributed by atoms with Gasteiger partial charge in [-0.15, -0.1) is 0 Å². The van der Waals surface area contributed by atoms with Gasteiger partial charge in [0, 0.05) is 66.4 Å². The fourth-order valence-corrected chi connectivity index (χ4v) is 4.30. The SMILES string of the molecule is COc1cc(OC)cc(C(=O)N2CCN(c3ccc(NC(=O)c4cccc([N+](=O)[O-])c4C)cc3)CC2)c1. The topological polar surface area (TPSA) is 114 Å². The van der Waals surface area contributed by atoms with Crippen LogP contribution in [0.5, 0.6) is 11.5 Å². The summed E-state index contributed by atoms with van der Waals surface area (Å²) in [5.41, 5.74) is 2.56. The average Bonchev–Trinajstić information content (AvgIpc) is 2.92. The molecule has 1 saturated heterocycles. The van der Waals surface area contributed by atoms with Crippen molar-refractivity contribution in [2.45, 2.75) is 6.92 Å². The van der Waals surface area contributed by atoms with E-state index in [1.54, 1.807) is 62.4 Å². The molecule has 0 saturated carbocycles. The molecule has 192 valence electrons. The van der Waals surface area contributed by atoms with Gasteiger partial charge in [-0.1, -0.05) is 6.07 Å². The molecule has 0 radical (unpaired) electrons. The summed E-state index contributed by atoms with van der Waals surface area (Å²) >= 11 is 0. The Morgan fingerprint density at radius 3 is 2.11 bits per heavy atom. The monoisotopic (exact) mass is 504 g/mol. The fourth-order valence-electron chi connectivity index (χ4n) is 4.30. The van der Waals surface area contributed by atoms with Gasteiger partial charge in [0.2, 0.25) is 0 Å². The first kappa shape index (κ1) is 25.5. The largest absolute Gasteiger partial charge is 0.497 e. The summed E-state index contributed by atoms with van der Waals surface area (Å²) in [6, 6.07) is 17.0. The number of hydrogen-bond acceptors (Lipinski definition) is 7. The van der Waals surface area contributed by atoms with Gasteiger partial charge in [0.15, 0.2) is 0 Å². The molecule has 10 nitrogen and oxygen atoms in total. The van der Waals surface area contributed by atoms with Crippen molar-refractivity contribution in [3.05, 3.63) is 87.5 Å². The molecular formula is C27H28N4O6. The van der Waals surface area contributed by atoms with Crippen molar-refractivity contribution in [1.82, 2.24) is 4.90 Å². The first-order valence-electron chi connectivity index (χ1n) is 11.7. The number of nitro groups is 1. The number of piperazine rings is 1. The van der Waals surface area contributed by atoms with Gasteiger partial charge in [-0.05, 0) is 49.4 Å². The smallest absolute Gasteiger partial charge is 0.273 e. The van der Waals surface area contributed by atoms with Crippen LogP contribution in [0.1, 0.15) is 26.3 Å². The minimum Gasteiger partial charge on any atom is -0.497 e. The van der Waals surface area contributed by atoms with Crippen LogP contribution in [0.15, 0.2) is 60.7 Å². The van der Waals surface area contributed by atoms with Crippen molar-refractivity contribution >= 4 is 28.9 Å². The van der Waals surface area contributed by atoms with Gasteiger partial charge in [0.25, 0.3) is 17.5 Å². The van der Waals surface area contributed by atoms with E-state index in [4.69, 9.17) is 9.47 Å². The summed E-state index contributed by atoms with van der Waals surface area (Å²) in [5, 5.41) is 14.0. The van der Waals surface area contributed by atoms with E-state index < -0.39 is 10.8 Å². The molecule has 1 N–H and O–H groups in total. The normalized spacial score (nSPS) is 13.2. The van der Waals surface area contributed by atoms with E-state index in [9.17, 15) is 19.7 Å². The van der Waals surface area contributed by atoms with Gasteiger partial charge in [0.05, 0.1) is 19.1 Å². The van der Waals surface area contributed by atoms with E-state index in [1.807, 2.05) is 12.1 Å². The zero-order valence-electron chi connectivity index (χ0n) is 20.9. The van der Waals surface area contributed by atoms with E-state index >= 15 is 0 Å². The second-order valence-corrected chi connectivity index (χ2v) is 8.59. The van der Waals surface area contributed by atoms with Crippen LogP contribution in [-0.4, -0.2) is 62.0 Å². The lowest BCUT2D eigenvalue weighted by Crippen LogP contribution is -2.48. The number of rotatable bonds is 7. The molecule has 1 fully saturated rings. The predicted octanol–water partition coefficient (Wildman–Crippen LogP) is 4.14. The number of nitro benzene ring substituents is 1. The van der Waals surface area contributed by atoms with Crippen LogP contribution in [0, 0.1) is 17.0 Å². The second-order valence-electron chi connectivity index (χ2n) is 8.59. The lowest BCUT2D eigenvalue weighted by molar-refractivity contribution is -0.385. The van der Waals surface area contributed by atoms with E-state index in [0.29, 0.717) is 54.5 Å². The van der Waals surface area contributed by atoms with Gasteiger partial charge in [-0.3, -0.25) is 19.7 Å². The summed E-state index contributed by atoms with van der Waals surface area (Å²) in [6.45, 7) is 3.99. The van der Waals surface area contributed by atoms with Crippen LogP contribution in [-0.2, 0) is 0 Å². The summed E-state index contributed by atoms with van der Waals surface area (Å²) in [6.07, 6.45) is 0. The molecule has 3 aromatic rings. The highest BCUT2D eigenvalue weighted by Gasteiger charge is 2.24. The van der Waals surface area contributed by atoms with Crippen LogP contribution >= 0.6 is 0 Å². The van der Waals surface area contributed by atoms with E-state index in [2.05, 4.69) is 10.2 Å². The lowest BCUT2D eigenvalue weighted by atomic mass is 10.1. The highest BCUT2D eigenvalue weighted by atomic mass is 16.6. The highest BCUT2D eigenvalue weighted by molar-refractivity contribution is 6.06. The van der Waals surface area contributed by atoms with E-state index in [1.165, 1.54) is 12.1 Å². The van der Waals surface area contributed by atoms with E-state index in [-0.39, 0.29) is 17.2 Å². The standard InChI is InChI=1S/C27H28N4O6/c1-18-24(5-4-6-25(18)31(34)35)26(32)28-20-7-9-21(10-8-20)29-11-13-30(14-12-29)27(33)19-15-22(36-2)17-23(16-19)37-3/h4-10,15-17H,11-14H2,1-3H3,(H,28,32). The Labute approximate surface area is 214 Å². The molecule has 10 heteroatoms. The second kappa shape index (κ2) is 11.0. The number of anilines is 2. The lowest BCUT2D eigenvalue weighted by Gasteiger charge is -2.36. The van der Waals surface area contributed by atoms with Crippen LogP contribution in [0.2, 0.25) is 0 Å². The third-order valence-corrected chi connectivity index (χ3v) is 6.40. The molecule has 37 heavy (non-hydrogen) atoms. The molecule has 3 aromatic carbocycles. The maximum Gasteiger partial charge on any atom is 0.273 e. The third kappa shape index (κ3) is 5.64. The first-order chi connectivity index (χ1) is 17.8. The molecule has 1 aliphatic heterocycles. The predicted molar refractivity (Wildman–Crippen MR) is 140 cm³/mol. The van der Waals surface area contributed by atoms with Crippen molar-refractivity contribution in [1.29, 1.82) is 0 Å². The Kier molecular flexibility index (Phi) is 7.57. The molecule has 0 spiro atoms. The fraction of sp³-hybridized carbons (Fsp3) is 0.259. The summed E-state index contributed by atoms with van der Waals surface area (Å²) in [7, 11) is 3.10. The molecule has 0 bridgehead atoms. The Bertz CT molecular complexity index is 1290. The number of benzene rings is 3. The number of carbonyl (C=O) groups is 2. The van der Waals surface area contributed by atoms with Crippen LogP contribution in [0.3, 0.4) is 0 Å². The molecule has 0 atom stereocenters. The van der Waals surface area contributed by atoms with E-state index in [0.717, 1.165) is 5.69 Å². The van der Waals surface area contributed by atoms with Crippen molar-refractivity contribution < 1.29 is 24.0 Å². The third-order valence-electron chi connectivity index (χ3n) is 6.40. The highest BCUT2D eigenvalue weighted by Crippen LogP contribution is 2.26. The zero-order chi connectivity index (χ0) is 26.5. The molecule has 4 rings (SSSR count). The number of carbonyl (C=O) groups excluding carboxylic acids is 2. The minimum absolute atomic E-state index is 0.0775. The first-order valence-corrected chi connectivity index (χ1v) is 11.7. The molecule has 0 unspecified atom stereocenters. The number of amides is 2. The number of nitrogens with zero attached hydrogens (tertiary/aromatic N) is 3. The number of methoxy groups -OCH3 is 2. The summed E-state index contributed by atoms with van der Waals surface area (Å²) in [4.78, 5) is 40.4. The molecular weight excluding hydrogens is 476 g/mol. The zero-order valence-corrected chi connectivity index (χ0v) is 20.9. The van der Waals surface area contributed by atoms with Crippen molar-refractivity contribution in [3.8, 4) is 11.5 Å².